The van der Waals surface area contributed by atoms with E-state index in [4.69, 9.17) is 5.73 Å². The van der Waals surface area contributed by atoms with Gasteiger partial charge < -0.3 is 5.73 Å². The van der Waals surface area contributed by atoms with E-state index in [1.54, 1.807) is 11.3 Å². The van der Waals surface area contributed by atoms with E-state index in [1.807, 2.05) is 18.2 Å². The summed E-state index contributed by atoms with van der Waals surface area (Å²) in [4.78, 5) is 0. The van der Waals surface area contributed by atoms with Gasteiger partial charge in [0.2, 0.25) is 0 Å². The molecule has 0 aliphatic carbocycles. The van der Waals surface area contributed by atoms with Crippen LogP contribution in [0, 0.1) is 0 Å². The maximum absolute atomic E-state index is 6.16. The molecule has 2 aromatic rings. The molecule has 1 nitrogen and oxygen atoms in total. The summed E-state index contributed by atoms with van der Waals surface area (Å²) in [6.45, 7) is 0. The first-order chi connectivity index (χ1) is 7.27. The lowest BCUT2D eigenvalue weighted by atomic mass is 10.0. The number of hydrogen-bond donors (Lipinski definition) is 1. The van der Waals surface area contributed by atoms with Gasteiger partial charge in [-0.3, -0.25) is 0 Å². The van der Waals surface area contributed by atoms with Crippen LogP contribution >= 0.6 is 27.3 Å². The summed E-state index contributed by atoms with van der Waals surface area (Å²) >= 11 is 5.24. The van der Waals surface area contributed by atoms with E-state index >= 15 is 0 Å². The van der Waals surface area contributed by atoms with Gasteiger partial charge in [0.05, 0.1) is 0 Å². The number of halogens is 1. The van der Waals surface area contributed by atoms with Gasteiger partial charge in [-0.15, -0.1) is 0 Å². The van der Waals surface area contributed by atoms with E-state index in [1.165, 1.54) is 11.1 Å². The van der Waals surface area contributed by atoms with Crippen LogP contribution < -0.4 is 5.73 Å². The Morgan fingerprint density at radius 3 is 2.73 bits per heavy atom. The van der Waals surface area contributed by atoms with Crippen LogP contribution in [0.1, 0.15) is 17.2 Å². The van der Waals surface area contributed by atoms with E-state index in [0.29, 0.717) is 0 Å². The Morgan fingerprint density at radius 1 is 1.27 bits per heavy atom. The average molecular weight is 282 g/mol. The lowest BCUT2D eigenvalue weighted by molar-refractivity contribution is 0.720. The smallest absolute Gasteiger partial charge is 0.0347 e. The van der Waals surface area contributed by atoms with Crippen LogP contribution in [0.15, 0.2) is 45.6 Å². The lowest BCUT2D eigenvalue weighted by Crippen LogP contribution is -2.13. The first-order valence-electron chi connectivity index (χ1n) is 4.78. The molecule has 0 spiro atoms. The first kappa shape index (κ1) is 10.9. The molecular formula is C12H12BrNS. The molecule has 0 radical (unpaired) electrons. The molecule has 2 N–H and O–H groups in total. The van der Waals surface area contributed by atoms with Crippen molar-refractivity contribution in [3.8, 4) is 0 Å². The van der Waals surface area contributed by atoms with E-state index in [2.05, 4.69) is 38.8 Å². The van der Waals surface area contributed by atoms with Crippen molar-refractivity contribution in [2.45, 2.75) is 12.5 Å². The third-order valence-corrected chi connectivity index (χ3v) is 3.79. The predicted octanol–water partition coefficient (Wildman–Crippen LogP) is 3.75. The molecule has 1 unspecified atom stereocenters. The summed E-state index contributed by atoms with van der Waals surface area (Å²) in [5.74, 6) is 0. The van der Waals surface area contributed by atoms with Crippen molar-refractivity contribution in [1.82, 2.24) is 0 Å². The second kappa shape index (κ2) is 4.92. The Balaban J connectivity index is 2.15. The van der Waals surface area contributed by atoms with Crippen LogP contribution in [0.3, 0.4) is 0 Å². The minimum absolute atomic E-state index is 0.0650. The highest BCUT2D eigenvalue weighted by Crippen LogP contribution is 2.24. The van der Waals surface area contributed by atoms with Gasteiger partial charge in [-0.25, -0.2) is 0 Å². The number of hydrogen-bond acceptors (Lipinski definition) is 2. The van der Waals surface area contributed by atoms with Gasteiger partial charge in [-0.05, 0) is 40.4 Å². The molecule has 1 heterocycles. The summed E-state index contributed by atoms with van der Waals surface area (Å²) < 4.78 is 1.09. The SMILES string of the molecule is NC(Cc1ccsc1)c1ccccc1Br. The zero-order valence-electron chi connectivity index (χ0n) is 8.19. The molecule has 78 valence electrons. The number of rotatable bonds is 3. The fourth-order valence-electron chi connectivity index (χ4n) is 1.55. The van der Waals surface area contributed by atoms with Crippen LogP contribution in [0.2, 0.25) is 0 Å². The van der Waals surface area contributed by atoms with Crippen molar-refractivity contribution < 1.29 is 0 Å². The van der Waals surface area contributed by atoms with Crippen molar-refractivity contribution in [3.05, 3.63) is 56.7 Å². The number of nitrogens with two attached hydrogens (primary N) is 1. The Bertz CT molecular complexity index is 425. The van der Waals surface area contributed by atoms with Crippen molar-refractivity contribution in [3.63, 3.8) is 0 Å². The highest BCUT2D eigenvalue weighted by molar-refractivity contribution is 9.10. The van der Waals surface area contributed by atoms with Crippen molar-refractivity contribution in [1.29, 1.82) is 0 Å². The molecule has 1 aromatic carbocycles. The monoisotopic (exact) mass is 281 g/mol. The molecule has 15 heavy (non-hydrogen) atoms. The van der Waals surface area contributed by atoms with Gasteiger partial charge >= 0.3 is 0 Å². The molecule has 0 fully saturated rings. The molecular weight excluding hydrogens is 270 g/mol. The maximum Gasteiger partial charge on any atom is 0.0347 e. The van der Waals surface area contributed by atoms with Gasteiger partial charge in [0, 0.05) is 10.5 Å². The van der Waals surface area contributed by atoms with Gasteiger partial charge in [0.15, 0.2) is 0 Å². The summed E-state index contributed by atoms with van der Waals surface area (Å²) in [6.07, 6.45) is 0.895. The summed E-state index contributed by atoms with van der Waals surface area (Å²) in [5, 5.41) is 4.23. The average Bonchev–Trinajstić information content (AvgIpc) is 2.71. The van der Waals surface area contributed by atoms with Crippen LogP contribution in [-0.4, -0.2) is 0 Å². The summed E-state index contributed by atoms with van der Waals surface area (Å²) in [5.41, 5.74) is 8.64. The summed E-state index contributed by atoms with van der Waals surface area (Å²) in [7, 11) is 0. The fraction of sp³-hybridized carbons (Fsp3) is 0.167. The third-order valence-electron chi connectivity index (χ3n) is 2.34. The van der Waals surface area contributed by atoms with E-state index in [0.717, 1.165) is 10.9 Å². The molecule has 1 atom stereocenters. The Kier molecular flexibility index (Phi) is 3.57. The van der Waals surface area contributed by atoms with Crippen LogP contribution in [0.25, 0.3) is 0 Å². The molecule has 0 aliphatic heterocycles. The summed E-state index contributed by atoms with van der Waals surface area (Å²) in [6, 6.07) is 10.3. The minimum atomic E-state index is 0.0650. The molecule has 0 bridgehead atoms. The van der Waals surface area contributed by atoms with Crippen molar-refractivity contribution >= 4 is 27.3 Å². The second-order valence-electron chi connectivity index (χ2n) is 3.46. The Morgan fingerprint density at radius 2 is 2.07 bits per heavy atom. The van der Waals surface area contributed by atoms with Gasteiger partial charge in [0.1, 0.15) is 0 Å². The highest BCUT2D eigenvalue weighted by atomic mass is 79.9. The largest absolute Gasteiger partial charge is 0.324 e. The highest BCUT2D eigenvalue weighted by Gasteiger charge is 2.09. The van der Waals surface area contributed by atoms with Crippen LogP contribution in [-0.2, 0) is 6.42 Å². The third kappa shape index (κ3) is 2.68. The van der Waals surface area contributed by atoms with E-state index < -0.39 is 0 Å². The molecule has 0 saturated carbocycles. The lowest BCUT2D eigenvalue weighted by Gasteiger charge is -2.12. The number of benzene rings is 1. The standard InChI is InChI=1S/C12H12BrNS/c13-11-4-2-1-3-10(11)12(14)7-9-5-6-15-8-9/h1-6,8,12H,7,14H2. The molecule has 0 aliphatic rings. The maximum atomic E-state index is 6.16. The normalized spacial score (nSPS) is 12.7. The Labute approximate surface area is 102 Å². The molecule has 3 heteroatoms. The van der Waals surface area contributed by atoms with Crippen molar-refractivity contribution in [2.75, 3.05) is 0 Å². The fourth-order valence-corrected chi connectivity index (χ4v) is 2.81. The molecule has 2 rings (SSSR count). The first-order valence-corrected chi connectivity index (χ1v) is 6.52. The number of thiophene rings is 1. The van der Waals surface area contributed by atoms with Crippen LogP contribution in [0.4, 0.5) is 0 Å². The van der Waals surface area contributed by atoms with Crippen LogP contribution in [0.5, 0.6) is 0 Å². The van der Waals surface area contributed by atoms with Gasteiger partial charge in [-0.2, -0.15) is 11.3 Å². The zero-order valence-corrected chi connectivity index (χ0v) is 10.6. The molecule has 0 amide bonds. The second-order valence-corrected chi connectivity index (χ2v) is 5.10. The van der Waals surface area contributed by atoms with E-state index in [9.17, 15) is 0 Å². The minimum Gasteiger partial charge on any atom is -0.324 e. The van der Waals surface area contributed by atoms with Gasteiger partial charge in [0.25, 0.3) is 0 Å². The van der Waals surface area contributed by atoms with E-state index in [-0.39, 0.29) is 6.04 Å². The Hall–Kier alpha value is -0.640. The molecule has 1 aromatic heterocycles. The topological polar surface area (TPSA) is 26.0 Å². The quantitative estimate of drug-likeness (QED) is 0.911. The zero-order chi connectivity index (χ0) is 10.7. The molecule has 0 saturated heterocycles. The van der Waals surface area contributed by atoms with Gasteiger partial charge in [-0.1, -0.05) is 34.1 Å². The van der Waals surface area contributed by atoms with Crippen molar-refractivity contribution in [2.24, 2.45) is 5.73 Å². The predicted molar refractivity (Wildman–Crippen MR) is 69.1 cm³/mol.